The van der Waals surface area contributed by atoms with Crippen LogP contribution >= 0.6 is 0 Å². The second-order valence-corrected chi connectivity index (χ2v) is 8.40. The van der Waals surface area contributed by atoms with E-state index in [1.54, 1.807) is 4.90 Å². The van der Waals surface area contributed by atoms with Crippen LogP contribution in [0.15, 0.2) is 0 Å². The van der Waals surface area contributed by atoms with E-state index < -0.39 is 10.0 Å². The number of carbonyl (C=O) groups excluding carboxylic acids is 1. The molecule has 0 atom stereocenters. The number of hydrogen-bond acceptors (Lipinski definition) is 3. The Hall–Kier alpha value is -0.820. The zero-order valence-corrected chi connectivity index (χ0v) is 13.9. The van der Waals surface area contributed by atoms with Gasteiger partial charge in [0.15, 0.2) is 0 Å². The highest BCUT2D eigenvalue weighted by atomic mass is 32.2. The quantitative estimate of drug-likeness (QED) is 0.848. The molecule has 7 heteroatoms. The maximum absolute atomic E-state index is 12.2. The number of sulfonamides is 1. The van der Waals surface area contributed by atoms with Crippen molar-refractivity contribution in [3.63, 3.8) is 0 Å². The van der Waals surface area contributed by atoms with Crippen LogP contribution in [0.5, 0.6) is 0 Å². The lowest BCUT2D eigenvalue weighted by Gasteiger charge is -2.32. The SMILES string of the molecule is CN(CC1CCCC1)C(=O)NC1CCN(S(C)(=O)=O)CC1. The van der Waals surface area contributed by atoms with Crippen molar-refractivity contribution in [3.05, 3.63) is 0 Å². The largest absolute Gasteiger partial charge is 0.335 e. The van der Waals surface area contributed by atoms with Crippen LogP contribution in [0, 0.1) is 5.92 Å². The third-order valence-electron chi connectivity index (χ3n) is 4.60. The Morgan fingerprint density at radius 1 is 1.19 bits per heavy atom. The molecule has 0 radical (unpaired) electrons. The Bertz CT molecular complexity index is 452. The summed E-state index contributed by atoms with van der Waals surface area (Å²) in [5, 5.41) is 3.03. The molecule has 1 saturated heterocycles. The average molecular weight is 317 g/mol. The van der Waals surface area contributed by atoms with Crippen molar-refractivity contribution in [1.82, 2.24) is 14.5 Å². The molecule has 1 aliphatic heterocycles. The maximum Gasteiger partial charge on any atom is 0.317 e. The van der Waals surface area contributed by atoms with E-state index in [9.17, 15) is 13.2 Å². The highest BCUT2D eigenvalue weighted by Gasteiger charge is 2.27. The van der Waals surface area contributed by atoms with Gasteiger partial charge in [-0.3, -0.25) is 0 Å². The van der Waals surface area contributed by atoms with Gasteiger partial charge in [0.2, 0.25) is 10.0 Å². The van der Waals surface area contributed by atoms with Crippen LogP contribution in [-0.2, 0) is 10.0 Å². The molecule has 0 bridgehead atoms. The van der Waals surface area contributed by atoms with E-state index >= 15 is 0 Å². The molecule has 122 valence electrons. The number of rotatable bonds is 4. The first-order valence-electron chi connectivity index (χ1n) is 7.83. The van der Waals surface area contributed by atoms with Gasteiger partial charge in [-0.1, -0.05) is 12.8 Å². The predicted molar refractivity (Wildman–Crippen MR) is 82.6 cm³/mol. The predicted octanol–water partition coefficient (Wildman–Crippen LogP) is 1.24. The van der Waals surface area contributed by atoms with Crippen molar-refractivity contribution >= 4 is 16.1 Å². The molecule has 0 unspecified atom stereocenters. The number of piperidine rings is 1. The molecule has 0 spiro atoms. The summed E-state index contributed by atoms with van der Waals surface area (Å²) in [6.07, 6.45) is 7.64. The van der Waals surface area contributed by atoms with Crippen molar-refractivity contribution in [1.29, 1.82) is 0 Å². The topological polar surface area (TPSA) is 69.7 Å². The summed E-state index contributed by atoms with van der Waals surface area (Å²) in [6.45, 7) is 1.82. The van der Waals surface area contributed by atoms with Crippen molar-refractivity contribution in [2.75, 3.05) is 32.9 Å². The second kappa shape index (κ2) is 6.96. The van der Waals surface area contributed by atoms with Gasteiger partial charge < -0.3 is 10.2 Å². The molecule has 2 rings (SSSR count). The summed E-state index contributed by atoms with van der Waals surface area (Å²) in [6, 6.07) is 0.0567. The lowest BCUT2D eigenvalue weighted by Crippen LogP contribution is -2.49. The van der Waals surface area contributed by atoms with Crippen molar-refractivity contribution in [2.24, 2.45) is 5.92 Å². The average Bonchev–Trinajstić information content (AvgIpc) is 2.91. The van der Waals surface area contributed by atoms with Gasteiger partial charge in [-0.2, -0.15) is 0 Å². The van der Waals surface area contributed by atoms with Gasteiger partial charge >= 0.3 is 6.03 Å². The Kier molecular flexibility index (Phi) is 5.48. The van der Waals surface area contributed by atoms with E-state index in [4.69, 9.17) is 0 Å². The van der Waals surface area contributed by atoms with Crippen molar-refractivity contribution in [3.8, 4) is 0 Å². The van der Waals surface area contributed by atoms with Crippen LogP contribution in [0.4, 0.5) is 4.79 Å². The summed E-state index contributed by atoms with van der Waals surface area (Å²) in [4.78, 5) is 13.9. The number of nitrogens with zero attached hydrogens (tertiary/aromatic N) is 2. The monoisotopic (exact) mass is 317 g/mol. The molecule has 2 aliphatic rings. The lowest BCUT2D eigenvalue weighted by molar-refractivity contribution is 0.190. The van der Waals surface area contributed by atoms with Gasteiger partial charge in [0, 0.05) is 32.7 Å². The molecular formula is C14H27N3O3S. The molecule has 1 aliphatic carbocycles. The number of nitrogens with one attached hydrogen (secondary N) is 1. The molecule has 2 amide bonds. The van der Waals surface area contributed by atoms with Gasteiger partial charge in [0.25, 0.3) is 0 Å². The van der Waals surface area contributed by atoms with E-state index in [0.717, 1.165) is 6.54 Å². The standard InChI is InChI=1S/C14H27N3O3S/c1-16(11-12-5-3-4-6-12)14(18)15-13-7-9-17(10-8-13)21(2,19)20/h12-13H,3-11H2,1-2H3,(H,15,18). The third kappa shape index (κ3) is 4.85. The maximum atomic E-state index is 12.2. The third-order valence-corrected chi connectivity index (χ3v) is 5.91. The summed E-state index contributed by atoms with van der Waals surface area (Å²) in [5.74, 6) is 0.646. The van der Waals surface area contributed by atoms with Gasteiger partial charge in [0.05, 0.1) is 6.26 Å². The highest BCUT2D eigenvalue weighted by Crippen LogP contribution is 2.25. The summed E-state index contributed by atoms with van der Waals surface area (Å²) in [7, 11) is -1.25. The van der Waals surface area contributed by atoms with Gasteiger partial charge in [-0.25, -0.2) is 17.5 Å². The summed E-state index contributed by atoms with van der Waals surface area (Å²) < 4.78 is 24.4. The van der Waals surface area contributed by atoms with E-state index in [2.05, 4.69) is 5.32 Å². The Morgan fingerprint density at radius 2 is 1.76 bits per heavy atom. The zero-order chi connectivity index (χ0) is 15.5. The van der Waals surface area contributed by atoms with Crippen LogP contribution in [0.1, 0.15) is 38.5 Å². The van der Waals surface area contributed by atoms with Crippen LogP contribution in [0.3, 0.4) is 0 Å². The number of hydrogen-bond donors (Lipinski definition) is 1. The normalized spacial score (nSPS) is 22.4. The molecule has 2 fully saturated rings. The summed E-state index contributed by atoms with van der Waals surface area (Å²) >= 11 is 0. The zero-order valence-electron chi connectivity index (χ0n) is 13.0. The fraction of sp³-hybridized carbons (Fsp3) is 0.929. The second-order valence-electron chi connectivity index (χ2n) is 6.42. The Labute approximate surface area is 127 Å². The first-order valence-corrected chi connectivity index (χ1v) is 9.68. The fourth-order valence-corrected chi connectivity index (χ4v) is 4.15. The molecule has 6 nitrogen and oxygen atoms in total. The molecule has 1 heterocycles. The first kappa shape index (κ1) is 16.5. The minimum atomic E-state index is -3.10. The van der Waals surface area contributed by atoms with E-state index in [1.807, 2.05) is 7.05 Å². The van der Waals surface area contributed by atoms with E-state index in [1.165, 1.54) is 36.2 Å². The van der Waals surface area contributed by atoms with Crippen LogP contribution in [0.2, 0.25) is 0 Å². The van der Waals surface area contributed by atoms with Gasteiger partial charge in [-0.15, -0.1) is 0 Å². The summed E-state index contributed by atoms with van der Waals surface area (Å²) in [5.41, 5.74) is 0. The molecule has 0 aromatic heterocycles. The smallest absolute Gasteiger partial charge is 0.317 e. The molecule has 0 aromatic rings. The highest BCUT2D eigenvalue weighted by molar-refractivity contribution is 7.88. The van der Waals surface area contributed by atoms with Gasteiger partial charge in [0.1, 0.15) is 0 Å². The minimum absolute atomic E-state index is 0.0281. The van der Waals surface area contributed by atoms with Crippen LogP contribution in [0.25, 0.3) is 0 Å². The van der Waals surface area contributed by atoms with Gasteiger partial charge in [-0.05, 0) is 31.6 Å². The minimum Gasteiger partial charge on any atom is -0.335 e. The fourth-order valence-electron chi connectivity index (χ4n) is 3.28. The Morgan fingerprint density at radius 3 is 2.29 bits per heavy atom. The molecular weight excluding hydrogens is 290 g/mol. The molecule has 21 heavy (non-hydrogen) atoms. The number of carbonyl (C=O) groups is 1. The molecule has 0 aromatic carbocycles. The molecule has 1 N–H and O–H groups in total. The van der Waals surface area contributed by atoms with Crippen molar-refractivity contribution in [2.45, 2.75) is 44.6 Å². The Balaban J connectivity index is 1.73. The number of urea groups is 1. The van der Waals surface area contributed by atoms with Crippen molar-refractivity contribution < 1.29 is 13.2 Å². The lowest BCUT2D eigenvalue weighted by atomic mass is 10.1. The van der Waals surface area contributed by atoms with Crippen LogP contribution < -0.4 is 5.32 Å². The van der Waals surface area contributed by atoms with E-state index in [-0.39, 0.29) is 12.1 Å². The van der Waals surface area contributed by atoms with E-state index in [0.29, 0.717) is 31.8 Å². The number of amides is 2. The molecule has 1 saturated carbocycles. The first-order chi connectivity index (χ1) is 9.86. The van der Waals surface area contributed by atoms with Crippen LogP contribution in [-0.4, -0.2) is 62.6 Å².